The zero-order chi connectivity index (χ0) is 12.5. The van der Waals surface area contributed by atoms with Gasteiger partial charge in [0.2, 0.25) is 0 Å². The van der Waals surface area contributed by atoms with Crippen molar-refractivity contribution in [1.29, 1.82) is 0 Å². The molecule has 0 aromatic carbocycles. The maximum atomic E-state index is 11.7. The molecule has 1 heterocycles. The third-order valence-electron chi connectivity index (χ3n) is 1.86. The van der Waals surface area contributed by atoms with Crippen molar-refractivity contribution in [2.24, 2.45) is 0 Å². The minimum atomic E-state index is -0.520. The molecule has 0 aliphatic heterocycles. The van der Waals surface area contributed by atoms with Gasteiger partial charge < -0.3 is 10.5 Å². The Balaban J connectivity index is 2.90. The molecule has 0 aliphatic rings. The van der Waals surface area contributed by atoms with Crippen LogP contribution in [0.15, 0.2) is 6.07 Å². The maximum Gasteiger partial charge on any atom is 0.359 e. The van der Waals surface area contributed by atoms with Crippen LogP contribution in [-0.2, 0) is 4.74 Å². The summed E-state index contributed by atoms with van der Waals surface area (Å²) in [4.78, 5) is 11.7. The second-order valence-electron chi connectivity index (χ2n) is 4.99. The summed E-state index contributed by atoms with van der Waals surface area (Å²) in [6, 6.07) is 1.66. The van der Waals surface area contributed by atoms with Gasteiger partial charge in [0.05, 0.1) is 0 Å². The van der Waals surface area contributed by atoms with Gasteiger partial charge in [-0.3, -0.25) is 0 Å². The highest BCUT2D eigenvalue weighted by Crippen LogP contribution is 2.16. The van der Waals surface area contributed by atoms with E-state index in [0.29, 0.717) is 5.82 Å². The summed E-state index contributed by atoms with van der Waals surface area (Å²) in [7, 11) is 0. The molecule has 5 nitrogen and oxygen atoms in total. The lowest BCUT2D eigenvalue weighted by molar-refractivity contribution is 0.00618. The molecule has 90 valence electrons. The fraction of sp³-hybridized carbons (Fsp3) is 0.636. The normalized spacial score (nSPS) is 11.9. The summed E-state index contributed by atoms with van der Waals surface area (Å²) < 4.78 is 6.80. The lowest BCUT2D eigenvalue weighted by atomic mass is 10.2. The van der Waals surface area contributed by atoms with Crippen LogP contribution >= 0.6 is 0 Å². The highest BCUT2D eigenvalue weighted by Gasteiger charge is 2.21. The monoisotopic (exact) mass is 225 g/mol. The quantitative estimate of drug-likeness (QED) is 0.781. The average Bonchev–Trinajstić information content (AvgIpc) is 2.44. The number of aromatic nitrogens is 2. The van der Waals surface area contributed by atoms with E-state index in [9.17, 15) is 4.79 Å². The number of nitrogens with two attached hydrogens (primary N) is 1. The third kappa shape index (κ3) is 2.98. The molecular weight excluding hydrogens is 206 g/mol. The van der Waals surface area contributed by atoms with E-state index in [1.165, 1.54) is 6.07 Å². The third-order valence-corrected chi connectivity index (χ3v) is 1.86. The van der Waals surface area contributed by atoms with Crippen LogP contribution in [0.3, 0.4) is 0 Å². The standard InChI is InChI=1S/C11H19N3O2/c1-7(2)14-9(12)6-8(13-14)10(15)16-11(3,4)5/h6-7H,12H2,1-5H3. The molecule has 1 aromatic heterocycles. The highest BCUT2D eigenvalue weighted by molar-refractivity contribution is 5.88. The summed E-state index contributed by atoms with van der Waals surface area (Å²) in [5.74, 6) is 0.0226. The summed E-state index contributed by atoms with van der Waals surface area (Å²) in [5.41, 5.74) is 5.47. The predicted octanol–water partition coefficient (Wildman–Crippen LogP) is 2.00. The van der Waals surface area contributed by atoms with Crippen molar-refractivity contribution in [1.82, 2.24) is 9.78 Å². The van der Waals surface area contributed by atoms with Gasteiger partial charge in [-0.1, -0.05) is 0 Å². The molecule has 1 rings (SSSR count). The zero-order valence-electron chi connectivity index (χ0n) is 10.4. The zero-order valence-corrected chi connectivity index (χ0v) is 10.4. The van der Waals surface area contributed by atoms with Crippen LogP contribution in [0.5, 0.6) is 0 Å². The summed E-state index contributed by atoms with van der Waals surface area (Å²) in [5, 5.41) is 4.11. The first-order valence-electron chi connectivity index (χ1n) is 5.29. The Labute approximate surface area is 95.6 Å². The van der Waals surface area contributed by atoms with E-state index in [1.54, 1.807) is 4.68 Å². The average molecular weight is 225 g/mol. The van der Waals surface area contributed by atoms with Crippen LogP contribution in [-0.4, -0.2) is 21.4 Å². The molecule has 0 saturated heterocycles. The minimum absolute atomic E-state index is 0.121. The van der Waals surface area contributed by atoms with E-state index in [4.69, 9.17) is 10.5 Å². The Bertz CT molecular complexity index is 388. The van der Waals surface area contributed by atoms with Crippen LogP contribution in [0.4, 0.5) is 5.82 Å². The number of ether oxygens (including phenoxy) is 1. The van der Waals surface area contributed by atoms with Gasteiger partial charge in [0.1, 0.15) is 11.4 Å². The summed E-state index contributed by atoms with van der Waals surface area (Å²) in [6.45, 7) is 9.33. The number of nitrogens with zero attached hydrogens (tertiary/aromatic N) is 2. The Morgan fingerprint density at radius 2 is 2.06 bits per heavy atom. The highest BCUT2D eigenvalue weighted by atomic mass is 16.6. The second kappa shape index (κ2) is 4.15. The van der Waals surface area contributed by atoms with Gasteiger partial charge in [-0.2, -0.15) is 5.10 Å². The molecule has 2 N–H and O–H groups in total. The molecule has 0 unspecified atom stereocenters. The van der Waals surface area contributed by atoms with Crippen molar-refractivity contribution < 1.29 is 9.53 Å². The summed E-state index contributed by atoms with van der Waals surface area (Å²) >= 11 is 0. The predicted molar refractivity (Wildman–Crippen MR) is 62.2 cm³/mol. The lowest BCUT2D eigenvalue weighted by Gasteiger charge is -2.18. The van der Waals surface area contributed by atoms with Crippen LogP contribution in [0.1, 0.15) is 51.1 Å². The number of rotatable bonds is 2. The van der Waals surface area contributed by atoms with E-state index >= 15 is 0 Å². The topological polar surface area (TPSA) is 70.1 Å². The molecule has 5 heteroatoms. The van der Waals surface area contributed by atoms with Crippen molar-refractivity contribution in [3.05, 3.63) is 11.8 Å². The van der Waals surface area contributed by atoms with E-state index < -0.39 is 11.6 Å². The maximum absolute atomic E-state index is 11.7. The molecule has 0 saturated carbocycles. The second-order valence-corrected chi connectivity index (χ2v) is 4.99. The fourth-order valence-electron chi connectivity index (χ4n) is 1.25. The number of hydrogen-bond donors (Lipinski definition) is 1. The van der Waals surface area contributed by atoms with Gasteiger partial charge in [-0.25, -0.2) is 9.48 Å². The van der Waals surface area contributed by atoms with Gasteiger partial charge in [-0.15, -0.1) is 0 Å². The first kappa shape index (κ1) is 12.5. The Morgan fingerprint density at radius 3 is 2.44 bits per heavy atom. The van der Waals surface area contributed by atoms with Crippen LogP contribution in [0, 0.1) is 0 Å². The molecule has 1 aromatic rings. The Hall–Kier alpha value is -1.52. The molecule has 0 spiro atoms. The van der Waals surface area contributed by atoms with Crippen molar-refractivity contribution in [2.45, 2.75) is 46.3 Å². The Morgan fingerprint density at radius 1 is 1.50 bits per heavy atom. The number of nitrogen functional groups attached to an aromatic ring is 1. The van der Waals surface area contributed by atoms with Gasteiger partial charge >= 0.3 is 5.97 Å². The van der Waals surface area contributed by atoms with Crippen molar-refractivity contribution >= 4 is 11.8 Å². The van der Waals surface area contributed by atoms with Gasteiger partial charge in [0.25, 0.3) is 0 Å². The molecular formula is C11H19N3O2. The Kier molecular flexibility index (Phi) is 3.26. The first-order valence-corrected chi connectivity index (χ1v) is 5.29. The minimum Gasteiger partial charge on any atom is -0.455 e. The van der Waals surface area contributed by atoms with E-state index in [2.05, 4.69) is 5.10 Å². The van der Waals surface area contributed by atoms with Gasteiger partial charge in [0, 0.05) is 12.1 Å². The van der Waals surface area contributed by atoms with Crippen LogP contribution in [0.25, 0.3) is 0 Å². The van der Waals surface area contributed by atoms with Crippen molar-refractivity contribution in [3.63, 3.8) is 0 Å². The van der Waals surface area contributed by atoms with E-state index in [1.807, 2.05) is 34.6 Å². The lowest BCUT2D eigenvalue weighted by Crippen LogP contribution is -2.24. The van der Waals surface area contributed by atoms with E-state index in [-0.39, 0.29) is 11.7 Å². The van der Waals surface area contributed by atoms with Crippen LogP contribution in [0.2, 0.25) is 0 Å². The number of anilines is 1. The number of esters is 1. The van der Waals surface area contributed by atoms with Gasteiger partial charge in [-0.05, 0) is 34.6 Å². The first-order chi connectivity index (χ1) is 7.20. The molecule has 0 radical (unpaired) electrons. The summed E-state index contributed by atoms with van der Waals surface area (Å²) in [6.07, 6.45) is 0. The molecule has 0 amide bonds. The van der Waals surface area contributed by atoms with E-state index in [0.717, 1.165) is 0 Å². The molecule has 0 fully saturated rings. The number of carbonyl (C=O) groups is 1. The smallest absolute Gasteiger partial charge is 0.359 e. The molecule has 0 bridgehead atoms. The molecule has 0 aliphatic carbocycles. The van der Waals surface area contributed by atoms with Gasteiger partial charge in [0.15, 0.2) is 5.69 Å². The van der Waals surface area contributed by atoms with Crippen molar-refractivity contribution in [3.8, 4) is 0 Å². The largest absolute Gasteiger partial charge is 0.455 e. The molecule has 16 heavy (non-hydrogen) atoms. The van der Waals surface area contributed by atoms with Crippen molar-refractivity contribution in [2.75, 3.05) is 5.73 Å². The fourth-order valence-corrected chi connectivity index (χ4v) is 1.25. The SMILES string of the molecule is CC(C)n1nc(C(=O)OC(C)(C)C)cc1N. The number of carbonyl (C=O) groups excluding carboxylic acids is 1. The number of hydrogen-bond acceptors (Lipinski definition) is 4. The molecule has 0 atom stereocenters. The van der Waals surface area contributed by atoms with Crippen LogP contribution < -0.4 is 5.73 Å².